The molecule has 1 aromatic rings. The van der Waals surface area contributed by atoms with Crippen LogP contribution in [0.1, 0.15) is 50.8 Å². The fourth-order valence-electron chi connectivity index (χ4n) is 4.33. The summed E-state index contributed by atoms with van der Waals surface area (Å²) in [6.45, 7) is 7.83. The minimum absolute atomic E-state index is 0.0589. The second kappa shape index (κ2) is 9.94. The molecule has 1 N–H and O–H groups in total. The second-order valence-electron chi connectivity index (χ2n) is 8.25. The Labute approximate surface area is 186 Å². The number of amides is 2. The number of hydrogen-bond acceptors (Lipinski definition) is 4. The summed E-state index contributed by atoms with van der Waals surface area (Å²) in [7, 11) is 0. The minimum Gasteiger partial charge on any atom is -0.463 e. The number of carbonyl (C=O) groups is 2. The molecule has 1 saturated heterocycles. The molecule has 176 valence electrons. The molecular formula is C23H30F3N3O3. The van der Waals surface area contributed by atoms with Crippen molar-refractivity contribution in [2.24, 2.45) is 5.92 Å². The maximum Gasteiger partial charge on any atom is 0.416 e. The van der Waals surface area contributed by atoms with Gasteiger partial charge in [-0.15, -0.1) is 0 Å². The first-order valence-corrected chi connectivity index (χ1v) is 11.0. The number of urea groups is 1. The molecule has 0 aliphatic carbocycles. The van der Waals surface area contributed by atoms with Crippen LogP contribution in [0, 0.1) is 5.92 Å². The van der Waals surface area contributed by atoms with Gasteiger partial charge >= 0.3 is 18.2 Å². The lowest BCUT2D eigenvalue weighted by molar-refractivity contribution is -0.141. The van der Waals surface area contributed by atoms with Gasteiger partial charge in [-0.05, 0) is 57.3 Å². The van der Waals surface area contributed by atoms with E-state index in [1.54, 1.807) is 13.8 Å². The van der Waals surface area contributed by atoms with Gasteiger partial charge in [0.1, 0.15) is 0 Å². The zero-order chi connectivity index (χ0) is 23.5. The molecule has 6 nitrogen and oxygen atoms in total. The summed E-state index contributed by atoms with van der Waals surface area (Å²) in [5, 5.41) is 2.62. The molecule has 32 heavy (non-hydrogen) atoms. The Balaban J connectivity index is 2.14. The highest BCUT2D eigenvalue weighted by molar-refractivity contribution is 5.95. The highest BCUT2D eigenvalue weighted by Crippen LogP contribution is 2.39. The molecule has 2 amide bonds. The Morgan fingerprint density at radius 3 is 2.44 bits per heavy atom. The lowest BCUT2D eigenvalue weighted by Gasteiger charge is -2.39. The molecule has 1 fully saturated rings. The number of nitrogens with one attached hydrogen (secondary N) is 1. The summed E-state index contributed by atoms with van der Waals surface area (Å²) in [4.78, 5) is 29.6. The monoisotopic (exact) mass is 453 g/mol. The van der Waals surface area contributed by atoms with E-state index in [9.17, 15) is 22.8 Å². The summed E-state index contributed by atoms with van der Waals surface area (Å²) in [6.07, 6.45) is -2.66. The smallest absolute Gasteiger partial charge is 0.416 e. The van der Waals surface area contributed by atoms with Gasteiger partial charge in [-0.1, -0.05) is 25.1 Å². The fourth-order valence-corrected chi connectivity index (χ4v) is 4.33. The Morgan fingerprint density at radius 2 is 1.84 bits per heavy atom. The quantitative estimate of drug-likeness (QED) is 0.651. The normalized spacial score (nSPS) is 21.0. The van der Waals surface area contributed by atoms with E-state index in [2.05, 4.69) is 17.1 Å². The van der Waals surface area contributed by atoms with Gasteiger partial charge in [-0.25, -0.2) is 9.59 Å². The number of benzene rings is 1. The Kier molecular flexibility index (Phi) is 7.48. The van der Waals surface area contributed by atoms with Crippen LogP contribution in [0.25, 0.3) is 0 Å². The van der Waals surface area contributed by atoms with Crippen LogP contribution < -0.4 is 5.32 Å². The van der Waals surface area contributed by atoms with Crippen LogP contribution in [-0.4, -0.2) is 54.6 Å². The molecule has 0 bridgehead atoms. The van der Waals surface area contributed by atoms with Gasteiger partial charge in [0.2, 0.25) is 0 Å². The summed E-state index contributed by atoms with van der Waals surface area (Å²) in [5.74, 6) is -0.124. The van der Waals surface area contributed by atoms with Gasteiger partial charge in [-0.3, -0.25) is 9.80 Å². The molecule has 9 heteroatoms. The van der Waals surface area contributed by atoms with Gasteiger partial charge in [-0.2, -0.15) is 13.2 Å². The molecule has 0 spiro atoms. The van der Waals surface area contributed by atoms with Crippen molar-refractivity contribution in [3.8, 4) is 0 Å². The Hall–Kier alpha value is -2.55. The molecule has 0 radical (unpaired) electrons. The van der Waals surface area contributed by atoms with E-state index in [1.807, 2.05) is 0 Å². The Bertz CT molecular complexity index is 877. The highest BCUT2D eigenvalue weighted by atomic mass is 19.4. The van der Waals surface area contributed by atoms with Gasteiger partial charge in [0.15, 0.2) is 0 Å². The number of hydrogen-bond donors (Lipinski definition) is 1. The van der Waals surface area contributed by atoms with Crippen molar-refractivity contribution in [1.82, 2.24) is 15.1 Å². The van der Waals surface area contributed by atoms with Gasteiger partial charge in [0.05, 0.1) is 23.8 Å². The van der Waals surface area contributed by atoms with Crippen LogP contribution in [0.5, 0.6) is 0 Å². The maximum atomic E-state index is 13.8. The fraction of sp³-hybridized carbons (Fsp3) is 0.565. The first kappa shape index (κ1) is 24.1. The summed E-state index contributed by atoms with van der Waals surface area (Å²) in [5.41, 5.74) is -0.588. The van der Waals surface area contributed by atoms with Crippen molar-refractivity contribution in [2.75, 3.05) is 32.8 Å². The largest absolute Gasteiger partial charge is 0.463 e. The average molecular weight is 454 g/mol. The van der Waals surface area contributed by atoms with Crippen LogP contribution in [0.4, 0.5) is 18.0 Å². The number of ether oxygens (including phenoxy) is 1. The molecule has 2 heterocycles. The van der Waals surface area contributed by atoms with Crippen LogP contribution in [-0.2, 0) is 15.7 Å². The zero-order valence-corrected chi connectivity index (χ0v) is 18.7. The molecule has 1 unspecified atom stereocenters. The number of halogens is 3. The molecule has 0 aromatic heterocycles. The number of likely N-dealkylation sites (tertiary alicyclic amines) is 1. The highest BCUT2D eigenvalue weighted by Gasteiger charge is 2.42. The zero-order valence-electron chi connectivity index (χ0n) is 18.7. The first-order chi connectivity index (χ1) is 15.2. The van der Waals surface area contributed by atoms with Crippen molar-refractivity contribution in [3.63, 3.8) is 0 Å². The van der Waals surface area contributed by atoms with Crippen molar-refractivity contribution < 1.29 is 27.5 Å². The van der Waals surface area contributed by atoms with Gasteiger partial charge in [0.25, 0.3) is 0 Å². The van der Waals surface area contributed by atoms with E-state index in [1.165, 1.54) is 23.1 Å². The number of piperidine rings is 1. The van der Waals surface area contributed by atoms with Crippen LogP contribution in [0.3, 0.4) is 0 Å². The average Bonchev–Trinajstić information content (AvgIpc) is 2.74. The topological polar surface area (TPSA) is 61.9 Å². The van der Waals surface area contributed by atoms with Crippen molar-refractivity contribution in [2.45, 2.75) is 45.8 Å². The molecule has 0 saturated carbocycles. The predicted molar refractivity (Wildman–Crippen MR) is 114 cm³/mol. The molecule has 2 aliphatic heterocycles. The number of carbonyl (C=O) groups excluding carboxylic acids is 2. The number of alkyl halides is 3. The van der Waals surface area contributed by atoms with E-state index in [-0.39, 0.29) is 24.3 Å². The number of nitrogens with zero attached hydrogens (tertiary/aromatic N) is 2. The van der Waals surface area contributed by atoms with Crippen molar-refractivity contribution in [3.05, 3.63) is 46.7 Å². The SMILES string of the molecule is CCOC(=O)C1=C(CN2CCC(C)CC2)N(CC)C(=O)NC1c1ccccc1C(F)(F)F. The number of rotatable bonds is 6. The lowest BCUT2D eigenvalue weighted by atomic mass is 9.90. The van der Waals surface area contributed by atoms with Gasteiger partial charge < -0.3 is 10.1 Å². The van der Waals surface area contributed by atoms with E-state index < -0.39 is 29.8 Å². The maximum absolute atomic E-state index is 13.8. The second-order valence-corrected chi connectivity index (χ2v) is 8.25. The third-order valence-corrected chi connectivity index (χ3v) is 6.08. The van der Waals surface area contributed by atoms with Crippen molar-refractivity contribution in [1.29, 1.82) is 0 Å². The molecule has 1 atom stereocenters. The minimum atomic E-state index is -4.63. The molecule has 2 aliphatic rings. The molecule has 1 aromatic carbocycles. The Morgan fingerprint density at radius 1 is 1.19 bits per heavy atom. The van der Waals surface area contributed by atoms with Crippen LogP contribution in [0.2, 0.25) is 0 Å². The third-order valence-electron chi connectivity index (χ3n) is 6.08. The number of likely N-dealkylation sites (N-methyl/N-ethyl adjacent to an activating group) is 1. The summed E-state index contributed by atoms with van der Waals surface area (Å²) >= 11 is 0. The van der Waals surface area contributed by atoms with E-state index >= 15 is 0 Å². The molecule has 3 rings (SSSR count). The van der Waals surface area contributed by atoms with Crippen LogP contribution >= 0.6 is 0 Å². The van der Waals surface area contributed by atoms with Crippen molar-refractivity contribution >= 4 is 12.0 Å². The van der Waals surface area contributed by atoms with Crippen LogP contribution in [0.15, 0.2) is 35.5 Å². The third kappa shape index (κ3) is 5.09. The predicted octanol–water partition coefficient (Wildman–Crippen LogP) is 4.34. The van der Waals surface area contributed by atoms with E-state index in [0.717, 1.165) is 32.0 Å². The van der Waals surface area contributed by atoms with Gasteiger partial charge in [0, 0.05) is 18.8 Å². The standard InChI is InChI=1S/C23H30F3N3O3/c1-4-29-18(14-28-12-10-15(3)11-13-28)19(21(30)32-5-2)20(27-22(29)31)16-8-6-7-9-17(16)23(24,25)26/h6-9,15,20H,4-5,10-14H2,1-3H3,(H,27,31). The molecular weight excluding hydrogens is 423 g/mol. The first-order valence-electron chi connectivity index (χ1n) is 11.0. The van der Waals surface area contributed by atoms with E-state index in [4.69, 9.17) is 4.74 Å². The summed E-state index contributed by atoms with van der Waals surface area (Å²) in [6, 6.07) is 3.25. The summed E-state index contributed by atoms with van der Waals surface area (Å²) < 4.78 is 46.5. The van der Waals surface area contributed by atoms with E-state index in [0.29, 0.717) is 18.2 Å². The number of esters is 1. The lowest BCUT2D eigenvalue weighted by Crippen LogP contribution is -2.51.